The van der Waals surface area contributed by atoms with Gasteiger partial charge in [0.2, 0.25) is 0 Å². The van der Waals surface area contributed by atoms with Crippen molar-refractivity contribution in [2.24, 2.45) is 0 Å². The van der Waals surface area contributed by atoms with E-state index < -0.39 is 33.0 Å². The molecular weight excluding hydrogens is 454 g/mol. The highest BCUT2D eigenvalue weighted by atomic mass is 35.5. The number of benzene rings is 2. The summed E-state index contributed by atoms with van der Waals surface area (Å²) in [6.45, 7) is -1.03. The van der Waals surface area contributed by atoms with Gasteiger partial charge in [-0.05, 0) is 24.3 Å². The van der Waals surface area contributed by atoms with Gasteiger partial charge in [0, 0.05) is 34.0 Å². The van der Waals surface area contributed by atoms with Crippen molar-refractivity contribution in [3.8, 4) is 0 Å². The van der Waals surface area contributed by atoms with Crippen molar-refractivity contribution in [1.82, 2.24) is 0 Å². The van der Waals surface area contributed by atoms with Gasteiger partial charge in [0.1, 0.15) is 24.4 Å². The van der Waals surface area contributed by atoms with Crippen molar-refractivity contribution in [2.45, 2.75) is 0 Å². The molecule has 7 nitrogen and oxygen atoms in total. The Labute approximate surface area is 180 Å². The molecule has 0 atom stereocenters. The summed E-state index contributed by atoms with van der Waals surface area (Å²) in [7, 11) is -3.10. The Morgan fingerprint density at radius 2 is 1.23 bits per heavy atom. The summed E-state index contributed by atoms with van der Waals surface area (Å²) >= 11 is 12.2. The summed E-state index contributed by atoms with van der Waals surface area (Å²) in [6, 6.07) is 9.52. The van der Waals surface area contributed by atoms with Crippen LogP contribution in [0.2, 0.25) is 10.0 Å². The van der Waals surface area contributed by atoms with Gasteiger partial charge in [0.25, 0.3) is 0 Å². The van der Waals surface area contributed by atoms with Crippen LogP contribution in [0.25, 0.3) is 21.9 Å². The van der Waals surface area contributed by atoms with E-state index in [0.717, 1.165) is 0 Å². The average molecular weight is 467 g/mol. The summed E-state index contributed by atoms with van der Waals surface area (Å²) in [5.41, 5.74) is 1.49. The van der Waals surface area contributed by atoms with E-state index in [1.165, 1.54) is 24.7 Å². The molecule has 154 valence electrons. The first kappa shape index (κ1) is 20.8. The average Bonchev–Trinajstić information content (AvgIpc) is 3.37. The quantitative estimate of drug-likeness (QED) is 0.233. The van der Waals surface area contributed by atoms with Crippen LogP contribution in [0.15, 0.2) is 57.8 Å². The third kappa shape index (κ3) is 4.36. The zero-order valence-corrected chi connectivity index (χ0v) is 17.7. The molecule has 4 aromatic rings. The van der Waals surface area contributed by atoms with Gasteiger partial charge in [0.15, 0.2) is 11.6 Å². The molecule has 2 heterocycles. The lowest BCUT2D eigenvalue weighted by Crippen LogP contribution is -2.10. The van der Waals surface area contributed by atoms with Gasteiger partial charge in [-0.1, -0.05) is 23.2 Å². The lowest BCUT2D eigenvalue weighted by molar-refractivity contribution is 0.0878. The topological polar surface area (TPSA) is 96.0 Å². The van der Waals surface area contributed by atoms with Crippen molar-refractivity contribution >= 4 is 65.0 Å². The van der Waals surface area contributed by atoms with E-state index in [1.54, 1.807) is 24.3 Å². The van der Waals surface area contributed by atoms with Crippen LogP contribution in [0.5, 0.6) is 0 Å². The summed E-state index contributed by atoms with van der Waals surface area (Å²) in [5.74, 6) is -0.963. The molecule has 0 aliphatic heterocycles. The number of Topliss-reactive ketones (excluding diaryl/α,β-unsaturated/α-hetero) is 2. The molecular formula is C20H13Cl2O7P. The molecule has 0 saturated carbocycles. The van der Waals surface area contributed by atoms with E-state index in [2.05, 4.69) is 0 Å². The minimum absolute atomic E-state index is 0.186. The first-order chi connectivity index (χ1) is 14.4. The third-order valence-electron chi connectivity index (χ3n) is 4.33. The van der Waals surface area contributed by atoms with Gasteiger partial charge in [-0.3, -0.25) is 14.2 Å². The lowest BCUT2D eigenvalue weighted by atomic mass is 10.1. The molecule has 10 heteroatoms. The van der Waals surface area contributed by atoms with Crippen LogP contribution in [0.3, 0.4) is 0 Å². The molecule has 0 unspecified atom stereocenters. The van der Waals surface area contributed by atoms with Crippen molar-refractivity contribution < 1.29 is 32.0 Å². The number of carbonyl (C=O) groups excluding carboxylic acids is 2. The van der Waals surface area contributed by atoms with Gasteiger partial charge in [-0.15, -0.1) is 0 Å². The van der Waals surface area contributed by atoms with Gasteiger partial charge < -0.3 is 17.9 Å². The molecule has 30 heavy (non-hydrogen) atoms. The maximum atomic E-state index is 12.3. The number of ketones is 2. The Balaban J connectivity index is 1.33. The highest BCUT2D eigenvalue weighted by molar-refractivity contribution is 7.33. The second-order valence-electron chi connectivity index (χ2n) is 6.25. The number of carbonyl (C=O) groups is 2. The van der Waals surface area contributed by atoms with Crippen molar-refractivity contribution in [3.05, 3.63) is 70.1 Å². The Kier molecular flexibility index (Phi) is 6.09. The van der Waals surface area contributed by atoms with Crippen LogP contribution >= 0.6 is 31.5 Å². The smallest absolute Gasteiger partial charge is 0.320 e. The highest BCUT2D eigenvalue weighted by Gasteiger charge is 2.17. The fourth-order valence-corrected chi connectivity index (χ4v) is 3.94. The van der Waals surface area contributed by atoms with Crippen LogP contribution in [0.4, 0.5) is 0 Å². The predicted molar refractivity (Wildman–Crippen MR) is 112 cm³/mol. The summed E-state index contributed by atoms with van der Waals surface area (Å²) < 4.78 is 32.3. The van der Waals surface area contributed by atoms with E-state index in [1.807, 2.05) is 0 Å². The van der Waals surface area contributed by atoms with Crippen molar-refractivity contribution in [1.29, 1.82) is 0 Å². The standard InChI is InChI=1S/C20H13Cl2O7P/c21-15-7-19-11(1-3-26-19)5-13(15)17(23)9-28-30(25)29-10-18(24)14-6-12-2-4-27-20(12)8-16(14)22/h1-8,30H,9-10H2. The number of furan rings is 2. The van der Waals surface area contributed by atoms with Crippen LogP contribution < -0.4 is 0 Å². The molecule has 0 radical (unpaired) electrons. The molecule has 2 aromatic heterocycles. The normalized spacial score (nSPS) is 11.6. The number of halogens is 2. The van der Waals surface area contributed by atoms with Gasteiger partial charge in [-0.25, -0.2) is 0 Å². The van der Waals surface area contributed by atoms with Gasteiger partial charge >= 0.3 is 8.25 Å². The number of hydrogen-bond acceptors (Lipinski definition) is 7. The van der Waals surface area contributed by atoms with E-state index >= 15 is 0 Å². The van der Waals surface area contributed by atoms with Crippen molar-refractivity contribution in [3.63, 3.8) is 0 Å². The molecule has 0 spiro atoms. The molecule has 0 bridgehead atoms. The molecule has 4 rings (SSSR count). The first-order valence-corrected chi connectivity index (χ1v) is 10.6. The van der Waals surface area contributed by atoms with E-state index in [-0.39, 0.29) is 21.2 Å². The molecule has 2 aromatic carbocycles. The minimum Gasteiger partial charge on any atom is -0.464 e. The maximum Gasteiger partial charge on any atom is 0.320 e. The molecule has 0 N–H and O–H groups in total. The zero-order chi connectivity index (χ0) is 21.3. The summed E-state index contributed by atoms with van der Waals surface area (Å²) in [6.07, 6.45) is 2.96. The zero-order valence-electron chi connectivity index (χ0n) is 15.1. The minimum atomic E-state index is -3.10. The third-order valence-corrected chi connectivity index (χ3v) is 5.71. The Morgan fingerprint density at radius 1 is 0.800 bits per heavy atom. The van der Waals surface area contributed by atoms with Crippen LogP contribution in [0, 0.1) is 0 Å². The number of fused-ring (bicyclic) bond motifs is 2. The fraction of sp³-hybridized carbons (Fsp3) is 0.100. The monoisotopic (exact) mass is 466 g/mol. The van der Waals surface area contributed by atoms with E-state index in [9.17, 15) is 14.2 Å². The van der Waals surface area contributed by atoms with Gasteiger partial charge in [-0.2, -0.15) is 0 Å². The molecule has 0 aliphatic carbocycles. The lowest BCUT2D eigenvalue weighted by Gasteiger charge is -2.07. The Morgan fingerprint density at radius 3 is 1.67 bits per heavy atom. The van der Waals surface area contributed by atoms with Crippen LogP contribution in [-0.4, -0.2) is 24.8 Å². The summed E-state index contributed by atoms with van der Waals surface area (Å²) in [5, 5.41) is 1.77. The first-order valence-electron chi connectivity index (χ1n) is 8.62. The largest absolute Gasteiger partial charge is 0.464 e. The molecule has 0 fully saturated rings. The second kappa shape index (κ2) is 8.76. The van der Waals surface area contributed by atoms with E-state index in [0.29, 0.717) is 21.9 Å². The highest BCUT2D eigenvalue weighted by Crippen LogP contribution is 2.29. The van der Waals surface area contributed by atoms with Gasteiger partial charge in [0.05, 0.1) is 22.6 Å². The van der Waals surface area contributed by atoms with Crippen LogP contribution in [0.1, 0.15) is 20.7 Å². The molecule has 0 amide bonds. The molecule has 0 saturated heterocycles. The predicted octanol–water partition coefficient (Wildman–Crippen LogP) is 5.97. The van der Waals surface area contributed by atoms with Crippen LogP contribution in [-0.2, 0) is 13.6 Å². The SMILES string of the molecule is O=C(CO[PH](=O)OCC(=O)c1cc2ccoc2cc1Cl)c1cc2ccoc2cc1Cl. The second-order valence-corrected chi connectivity index (χ2v) is 8.15. The number of rotatable bonds is 8. The van der Waals surface area contributed by atoms with Crippen molar-refractivity contribution in [2.75, 3.05) is 13.2 Å². The summed E-state index contributed by atoms with van der Waals surface area (Å²) in [4.78, 5) is 24.7. The van der Waals surface area contributed by atoms with E-state index in [4.69, 9.17) is 41.1 Å². The number of hydrogen-bond donors (Lipinski definition) is 0. The fourth-order valence-electron chi connectivity index (χ4n) is 2.84. The Bertz CT molecular complexity index is 1190. The maximum absolute atomic E-state index is 12.3. The Hall–Kier alpha value is -2.41. The molecule has 0 aliphatic rings.